The molecule has 0 bridgehead atoms. The van der Waals surface area contributed by atoms with E-state index in [9.17, 15) is 4.79 Å². The van der Waals surface area contributed by atoms with Crippen LogP contribution in [0.4, 0.5) is 5.69 Å². The maximum Gasteiger partial charge on any atom is 0.335 e. The summed E-state index contributed by atoms with van der Waals surface area (Å²) >= 11 is 1.59. The van der Waals surface area contributed by atoms with Gasteiger partial charge in [0.25, 0.3) is 0 Å². The Morgan fingerprint density at radius 3 is 2.55 bits per heavy atom. The molecule has 0 fully saturated rings. The van der Waals surface area contributed by atoms with Gasteiger partial charge in [0.1, 0.15) is 5.75 Å². The van der Waals surface area contributed by atoms with Gasteiger partial charge < -0.3 is 15.6 Å². The van der Waals surface area contributed by atoms with Crippen LogP contribution in [0.15, 0.2) is 47.4 Å². The summed E-state index contributed by atoms with van der Waals surface area (Å²) in [5, 5.41) is 8.84. The van der Waals surface area contributed by atoms with Crippen LogP contribution in [-0.2, 0) is 5.75 Å². The first-order valence-electron chi connectivity index (χ1n) is 5.98. The largest absolute Gasteiger partial charge is 0.497 e. The number of thioether (sulfide) groups is 1. The second-order valence-electron chi connectivity index (χ2n) is 4.19. The molecule has 2 rings (SSSR count). The number of carboxylic acids is 1. The molecule has 0 unspecified atom stereocenters. The molecule has 0 amide bonds. The summed E-state index contributed by atoms with van der Waals surface area (Å²) in [5.74, 6) is 0.571. The van der Waals surface area contributed by atoms with Crippen molar-refractivity contribution in [1.29, 1.82) is 0 Å². The second-order valence-corrected chi connectivity index (χ2v) is 5.21. The van der Waals surface area contributed by atoms with E-state index in [1.165, 1.54) is 0 Å². The van der Waals surface area contributed by atoms with Crippen LogP contribution in [0.3, 0.4) is 0 Å². The summed E-state index contributed by atoms with van der Waals surface area (Å²) < 4.78 is 5.17. The Kier molecular flexibility index (Phi) is 4.53. The number of ether oxygens (including phenoxy) is 1. The molecule has 0 atom stereocenters. The van der Waals surface area contributed by atoms with E-state index in [-0.39, 0.29) is 0 Å². The average Bonchev–Trinajstić information content (AvgIpc) is 2.47. The Labute approximate surface area is 121 Å². The minimum atomic E-state index is -0.916. The molecule has 0 heterocycles. The predicted octanol–water partition coefficient (Wildman–Crippen LogP) is 3.27. The van der Waals surface area contributed by atoms with Gasteiger partial charge in [-0.05, 0) is 35.9 Å². The summed E-state index contributed by atoms with van der Waals surface area (Å²) in [6.45, 7) is 0. The van der Waals surface area contributed by atoms with Crippen molar-refractivity contribution in [2.45, 2.75) is 10.6 Å². The van der Waals surface area contributed by atoms with Crippen LogP contribution >= 0.6 is 11.8 Å². The quantitative estimate of drug-likeness (QED) is 0.653. The number of nitrogen functional groups attached to an aromatic ring is 1. The molecule has 20 heavy (non-hydrogen) atoms. The molecule has 0 aliphatic carbocycles. The van der Waals surface area contributed by atoms with E-state index in [1.807, 2.05) is 30.3 Å². The van der Waals surface area contributed by atoms with E-state index in [1.54, 1.807) is 31.0 Å². The van der Waals surface area contributed by atoms with Gasteiger partial charge >= 0.3 is 5.97 Å². The van der Waals surface area contributed by atoms with Crippen LogP contribution in [0.1, 0.15) is 15.9 Å². The number of aromatic carboxylic acids is 1. The van der Waals surface area contributed by atoms with Crippen molar-refractivity contribution in [3.63, 3.8) is 0 Å². The van der Waals surface area contributed by atoms with Crippen molar-refractivity contribution in [3.05, 3.63) is 53.6 Å². The smallest absolute Gasteiger partial charge is 0.335 e. The first kappa shape index (κ1) is 14.3. The maximum absolute atomic E-state index is 10.8. The monoisotopic (exact) mass is 289 g/mol. The lowest BCUT2D eigenvalue weighted by molar-refractivity contribution is 0.0697. The van der Waals surface area contributed by atoms with E-state index < -0.39 is 5.97 Å². The number of rotatable bonds is 5. The molecule has 0 aromatic heterocycles. The summed E-state index contributed by atoms with van der Waals surface area (Å²) in [4.78, 5) is 11.7. The van der Waals surface area contributed by atoms with Crippen LogP contribution in [-0.4, -0.2) is 18.2 Å². The lowest BCUT2D eigenvalue weighted by atomic mass is 10.1. The highest BCUT2D eigenvalue weighted by molar-refractivity contribution is 7.98. The fraction of sp³-hybridized carbons (Fsp3) is 0.133. The maximum atomic E-state index is 10.8. The van der Waals surface area contributed by atoms with Crippen molar-refractivity contribution >= 4 is 23.4 Å². The SMILES string of the molecule is COc1ccc(N)c(SCc2ccc(C(=O)O)cc2)c1. The third-order valence-corrected chi connectivity index (χ3v) is 3.96. The Hall–Kier alpha value is -2.14. The molecule has 4 nitrogen and oxygen atoms in total. The molecule has 5 heteroatoms. The predicted molar refractivity (Wildman–Crippen MR) is 80.4 cm³/mol. The molecular weight excluding hydrogens is 274 g/mol. The molecule has 0 aliphatic rings. The van der Waals surface area contributed by atoms with Crippen molar-refractivity contribution in [2.75, 3.05) is 12.8 Å². The molecule has 0 saturated heterocycles. The third-order valence-electron chi connectivity index (χ3n) is 2.82. The highest BCUT2D eigenvalue weighted by atomic mass is 32.2. The Morgan fingerprint density at radius 1 is 1.25 bits per heavy atom. The van der Waals surface area contributed by atoms with E-state index >= 15 is 0 Å². The molecule has 2 aromatic carbocycles. The van der Waals surface area contributed by atoms with Crippen LogP contribution in [0.5, 0.6) is 5.75 Å². The Balaban J connectivity index is 2.06. The number of anilines is 1. The Morgan fingerprint density at radius 2 is 1.95 bits per heavy atom. The van der Waals surface area contributed by atoms with E-state index in [0.717, 1.165) is 22.0 Å². The molecule has 104 valence electrons. The molecule has 0 spiro atoms. The fourth-order valence-electron chi connectivity index (χ4n) is 1.67. The lowest BCUT2D eigenvalue weighted by Gasteiger charge is -2.08. The minimum Gasteiger partial charge on any atom is -0.497 e. The summed E-state index contributed by atoms with van der Waals surface area (Å²) in [7, 11) is 1.62. The van der Waals surface area contributed by atoms with Crippen LogP contribution in [0.2, 0.25) is 0 Å². The van der Waals surface area contributed by atoms with Gasteiger partial charge in [-0.2, -0.15) is 0 Å². The van der Waals surface area contributed by atoms with E-state index in [0.29, 0.717) is 11.3 Å². The van der Waals surface area contributed by atoms with Crippen LogP contribution in [0.25, 0.3) is 0 Å². The number of carboxylic acid groups (broad SMARTS) is 1. The van der Waals surface area contributed by atoms with Crippen LogP contribution in [0, 0.1) is 0 Å². The van der Waals surface area contributed by atoms with Gasteiger partial charge in [0, 0.05) is 16.3 Å². The summed E-state index contributed by atoms with van der Waals surface area (Å²) in [6, 6.07) is 12.4. The van der Waals surface area contributed by atoms with Gasteiger partial charge in [-0.3, -0.25) is 0 Å². The second kappa shape index (κ2) is 6.34. The molecule has 3 N–H and O–H groups in total. The molecule has 2 aromatic rings. The summed E-state index contributed by atoms with van der Waals surface area (Å²) in [5.41, 5.74) is 7.96. The molecular formula is C15H15NO3S. The minimum absolute atomic E-state index is 0.291. The van der Waals surface area contributed by atoms with Gasteiger partial charge in [0.2, 0.25) is 0 Å². The molecule has 0 radical (unpaired) electrons. The number of nitrogens with two attached hydrogens (primary N) is 1. The topological polar surface area (TPSA) is 72.5 Å². The Bertz CT molecular complexity index is 611. The van der Waals surface area contributed by atoms with E-state index in [2.05, 4.69) is 0 Å². The molecule has 0 aliphatic heterocycles. The third kappa shape index (κ3) is 3.45. The zero-order valence-electron chi connectivity index (χ0n) is 11.0. The number of hydrogen-bond donors (Lipinski definition) is 2. The van der Waals surface area contributed by atoms with E-state index in [4.69, 9.17) is 15.6 Å². The lowest BCUT2D eigenvalue weighted by Crippen LogP contribution is -1.95. The first-order valence-corrected chi connectivity index (χ1v) is 6.97. The van der Waals surface area contributed by atoms with Gasteiger partial charge in [-0.1, -0.05) is 12.1 Å². The normalized spacial score (nSPS) is 10.2. The highest BCUT2D eigenvalue weighted by Gasteiger charge is 2.05. The number of hydrogen-bond acceptors (Lipinski definition) is 4. The van der Waals surface area contributed by atoms with Crippen molar-refractivity contribution < 1.29 is 14.6 Å². The first-order chi connectivity index (χ1) is 9.60. The average molecular weight is 289 g/mol. The summed E-state index contributed by atoms with van der Waals surface area (Å²) in [6.07, 6.45) is 0. The van der Waals surface area contributed by atoms with Gasteiger partial charge in [-0.25, -0.2) is 4.79 Å². The van der Waals surface area contributed by atoms with Gasteiger partial charge in [0.15, 0.2) is 0 Å². The zero-order chi connectivity index (χ0) is 14.5. The highest BCUT2D eigenvalue weighted by Crippen LogP contribution is 2.31. The number of methoxy groups -OCH3 is 1. The van der Waals surface area contributed by atoms with Gasteiger partial charge in [0.05, 0.1) is 12.7 Å². The van der Waals surface area contributed by atoms with Crippen molar-refractivity contribution in [1.82, 2.24) is 0 Å². The molecule has 0 saturated carbocycles. The number of carbonyl (C=O) groups is 1. The van der Waals surface area contributed by atoms with Crippen molar-refractivity contribution in [2.24, 2.45) is 0 Å². The number of benzene rings is 2. The van der Waals surface area contributed by atoms with Crippen molar-refractivity contribution in [3.8, 4) is 5.75 Å². The standard InChI is InChI=1S/C15H15NO3S/c1-19-12-6-7-13(16)14(8-12)20-9-10-2-4-11(5-3-10)15(17)18/h2-8H,9,16H2,1H3,(H,17,18). The fourth-order valence-corrected chi connectivity index (χ4v) is 2.62. The zero-order valence-corrected chi connectivity index (χ0v) is 11.8. The van der Waals surface area contributed by atoms with Crippen LogP contribution < -0.4 is 10.5 Å². The van der Waals surface area contributed by atoms with Gasteiger partial charge in [-0.15, -0.1) is 11.8 Å².